The predicted molar refractivity (Wildman–Crippen MR) is 90.8 cm³/mol. The van der Waals surface area contributed by atoms with Crippen molar-refractivity contribution in [3.63, 3.8) is 0 Å². The number of fused-ring (bicyclic) bond motifs is 2. The van der Waals surface area contributed by atoms with Crippen LogP contribution in [0.3, 0.4) is 0 Å². The molecule has 1 aromatic carbocycles. The molecule has 0 unspecified atom stereocenters. The van der Waals surface area contributed by atoms with E-state index in [0.717, 1.165) is 7.28 Å². The van der Waals surface area contributed by atoms with Crippen LogP contribution >= 0.6 is 0 Å². The van der Waals surface area contributed by atoms with E-state index >= 15 is 0 Å². The van der Waals surface area contributed by atoms with Gasteiger partial charge in [0.25, 0.3) is 0 Å². The summed E-state index contributed by atoms with van der Waals surface area (Å²) in [5.74, 6) is 0. The van der Waals surface area contributed by atoms with Crippen molar-refractivity contribution in [3.05, 3.63) is 82.9 Å². The summed E-state index contributed by atoms with van der Waals surface area (Å²) in [6, 6.07) is 8.84. The Morgan fingerprint density at radius 2 is 1.62 bits per heavy atom. The van der Waals surface area contributed by atoms with Crippen LogP contribution in [0.25, 0.3) is 5.57 Å². The van der Waals surface area contributed by atoms with Gasteiger partial charge in [0.2, 0.25) is 0 Å². The molecule has 0 amide bonds. The molecule has 2 atom stereocenters. The zero-order valence-corrected chi connectivity index (χ0v) is 12.5. The SMILES string of the molecule is C[C@]12C=CC3=CC4=C(C=C(C=C1)[C@@]32C)c1ccccc1B4. The number of rotatable bonds is 0. The van der Waals surface area contributed by atoms with Gasteiger partial charge < -0.3 is 0 Å². The van der Waals surface area contributed by atoms with Crippen LogP contribution in [0.15, 0.2) is 77.3 Å². The highest BCUT2D eigenvalue weighted by atomic mass is 14.5. The normalized spacial score (nSPS) is 34.0. The van der Waals surface area contributed by atoms with E-state index in [-0.39, 0.29) is 10.8 Å². The van der Waals surface area contributed by atoms with Crippen molar-refractivity contribution in [2.24, 2.45) is 10.8 Å². The maximum atomic E-state index is 2.45. The third-order valence-corrected chi connectivity index (χ3v) is 6.11. The largest absolute Gasteiger partial charge is 0.193 e. The molecule has 0 spiro atoms. The van der Waals surface area contributed by atoms with Crippen LogP contribution in [-0.4, -0.2) is 7.28 Å². The summed E-state index contributed by atoms with van der Waals surface area (Å²) in [5, 5.41) is 0. The Hall–Kier alpha value is -2.02. The lowest BCUT2D eigenvalue weighted by Gasteiger charge is -2.36. The Balaban J connectivity index is 1.81. The van der Waals surface area contributed by atoms with Crippen molar-refractivity contribution in [1.82, 2.24) is 0 Å². The first-order chi connectivity index (χ1) is 10.1. The second-order valence-corrected chi connectivity index (χ2v) is 7.05. The quantitative estimate of drug-likeness (QED) is 0.632. The van der Waals surface area contributed by atoms with Gasteiger partial charge in [0, 0.05) is 10.8 Å². The number of hydrogen-bond donors (Lipinski definition) is 0. The van der Waals surface area contributed by atoms with Gasteiger partial charge in [-0.25, -0.2) is 0 Å². The molecule has 1 aromatic rings. The van der Waals surface area contributed by atoms with Crippen molar-refractivity contribution in [1.29, 1.82) is 0 Å². The van der Waals surface area contributed by atoms with Gasteiger partial charge in [-0.15, -0.1) is 0 Å². The maximum Gasteiger partial charge on any atom is 0.193 e. The molecule has 4 aliphatic rings. The van der Waals surface area contributed by atoms with Gasteiger partial charge in [0.1, 0.15) is 0 Å². The van der Waals surface area contributed by atoms with E-state index in [4.69, 9.17) is 0 Å². The van der Waals surface area contributed by atoms with Crippen LogP contribution in [0.1, 0.15) is 19.4 Å². The average Bonchev–Trinajstić information content (AvgIpc) is 3.00. The Morgan fingerprint density at radius 1 is 0.905 bits per heavy atom. The van der Waals surface area contributed by atoms with Crippen molar-refractivity contribution in [3.8, 4) is 0 Å². The monoisotopic (exact) mass is 268 g/mol. The lowest BCUT2D eigenvalue weighted by atomic mass is 9.63. The summed E-state index contributed by atoms with van der Waals surface area (Å²) in [6.07, 6.45) is 14.3. The molecule has 0 saturated heterocycles. The maximum absolute atomic E-state index is 2.45. The molecule has 0 fully saturated rings. The summed E-state index contributed by atoms with van der Waals surface area (Å²) in [6.45, 7) is 4.75. The third kappa shape index (κ3) is 1.20. The molecule has 21 heavy (non-hydrogen) atoms. The van der Waals surface area contributed by atoms with Crippen LogP contribution < -0.4 is 5.46 Å². The molecule has 3 aliphatic carbocycles. The van der Waals surface area contributed by atoms with Crippen LogP contribution in [0.5, 0.6) is 0 Å². The summed E-state index contributed by atoms with van der Waals surface area (Å²) >= 11 is 0. The van der Waals surface area contributed by atoms with Gasteiger partial charge in [-0.2, -0.15) is 0 Å². The Bertz CT molecular complexity index is 846. The fourth-order valence-electron chi connectivity index (χ4n) is 4.47. The van der Waals surface area contributed by atoms with E-state index in [2.05, 4.69) is 74.6 Å². The summed E-state index contributed by atoms with van der Waals surface area (Å²) < 4.78 is 0. The van der Waals surface area contributed by atoms with Crippen LogP contribution in [0.2, 0.25) is 0 Å². The molecular weight excluding hydrogens is 251 g/mol. The van der Waals surface area contributed by atoms with E-state index in [1.54, 1.807) is 0 Å². The third-order valence-electron chi connectivity index (χ3n) is 6.11. The Labute approximate surface area is 126 Å². The van der Waals surface area contributed by atoms with Gasteiger partial charge >= 0.3 is 0 Å². The summed E-state index contributed by atoms with van der Waals surface area (Å²) in [5.41, 5.74) is 9.00. The number of allylic oxidation sites excluding steroid dienone is 10. The predicted octanol–water partition coefficient (Wildman–Crippen LogP) is 3.49. The van der Waals surface area contributed by atoms with Crippen molar-refractivity contribution in [2.75, 3.05) is 0 Å². The van der Waals surface area contributed by atoms with Crippen LogP contribution in [0, 0.1) is 10.8 Å². The minimum absolute atomic E-state index is 0.117. The molecule has 100 valence electrons. The van der Waals surface area contributed by atoms with E-state index in [0.29, 0.717) is 0 Å². The van der Waals surface area contributed by atoms with Crippen LogP contribution in [0.4, 0.5) is 0 Å². The molecule has 0 nitrogen and oxygen atoms in total. The molecule has 0 N–H and O–H groups in total. The number of benzene rings is 1. The molecule has 5 rings (SSSR count). The van der Waals surface area contributed by atoms with Gasteiger partial charge in [-0.1, -0.05) is 85.5 Å². The van der Waals surface area contributed by atoms with E-state index in [1.807, 2.05) is 0 Å². The van der Waals surface area contributed by atoms with Gasteiger partial charge in [-0.05, 0) is 22.3 Å². The molecule has 1 heteroatoms. The Kier molecular flexibility index (Phi) is 1.89. The second-order valence-electron chi connectivity index (χ2n) is 7.05. The molecule has 0 radical (unpaired) electrons. The summed E-state index contributed by atoms with van der Waals surface area (Å²) in [7, 11) is 1.07. The zero-order valence-electron chi connectivity index (χ0n) is 12.5. The van der Waals surface area contributed by atoms with E-state index in [1.165, 1.54) is 33.2 Å². The first-order valence-corrected chi connectivity index (χ1v) is 7.76. The van der Waals surface area contributed by atoms with E-state index in [9.17, 15) is 0 Å². The summed E-state index contributed by atoms with van der Waals surface area (Å²) in [4.78, 5) is 0. The minimum Gasteiger partial charge on any atom is -0.0733 e. The molecule has 0 aromatic heterocycles. The number of hydrogen-bond acceptors (Lipinski definition) is 0. The smallest absolute Gasteiger partial charge is 0.0733 e. The minimum atomic E-state index is 0.117. The Morgan fingerprint density at radius 3 is 2.43 bits per heavy atom. The molecule has 1 heterocycles. The van der Waals surface area contributed by atoms with Crippen LogP contribution in [-0.2, 0) is 0 Å². The first kappa shape index (κ1) is 11.6. The molecule has 1 aliphatic heterocycles. The topological polar surface area (TPSA) is 0 Å². The zero-order chi connectivity index (χ0) is 14.2. The van der Waals surface area contributed by atoms with Gasteiger partial charge in [0.05, 0.1) is 0 Å². The van der Waals surface area contributed by atoms with Crippen molar-refractivity contribution in [2.45, 2.75) is 13.8 Å². The average molecular weight is 268 g/mol. The van der Waals surface area contributed by atoms with E-state index < -0.39 is 0 Å². The standard InChI is InChI=1S/C20H17B/c1-19-9-7-13-11-16-15-5-3-4-6-17(15)21-18(16)12-14(8-10-19)20(13,19)2/h3-12,21H,1-2H3/t19-,20+/m1/s1. The lowest BCUT2D eigenvalue weighted by Crippen LogP contribution is -2.30. The van der Waals surface area contributed by atoms with Crippen molar-refractivity contribution >= 4 is 18.3 Å². The fourth-order valence-corrected chi connectivity index (χ4v) is 4.47. The first-order valence-electron chi connectivity index (χ1n) is 7.76. The lowest BCUT2D eigenvalue weighted by molar-refractivity contribution is 0.325. The van der Waals surface area contributed by atoms with Crippen molar-refractivity contribution < 1.29 is 0 Å². The molecular formula is C20H17B. The van der Waals surface area contributed by atoms with Gasteiger partial charge in [0.15, 0.2) is 7.28 Å². The second kappa shape index (κ2) is 3.41. The highest BCUT2D eigenvalue weighted by Gasteiger charge is 2.52. The molecule has 0 saturated carbocycles. The molecule has 0 bridgehead atoms. The highest BCUT2D eigenvalue weighted by Crippen LogP contribution is 2.62. The highest BCUT2D eigenvalue weighted by molar-refractivity contribution is 6.67. The fraction of sp³-hybridized carbons (Fsp3) is 0.200. The van der Waals surface area contributed by atoms with Gasteiger partial charge in [-0.3, -0.25) is 0 Å².